The number of aromatic nitrogens is 2. The molecular formula is C14H16N4. The fourth-order valence-corrected chi connectivity index (χ4v) is 2.86. The van der Waals surface area contributed by atoms with Gasteiger partial charge in [0, 0.05) is 11.5 Å². The fraction of sp³-hybridized carbons (Fsp3) is 0.286. The molecule has 1 aliphatic rings. The highest BCUT2D eigenvalue weighted by molar-refractivity contribution is 5.54. The molecular weight excluding hydrogens is 224 g/mol. The van der Waals surface area contributed by atoms with Gasteiger partial charge < -0.3 is 11.5 Å². The number of nitrogens with zero attached hydrogens (tertiary/aromatic N) is 2. The maximum Gasteiger partial charge on any atom is 0.222 e. The normalized spacial score (nSPS) is 21.8. The van der Waals surface area contributed by atoms with Crippen LogP contribution >= 0.6 is 0 Å². The summed E-state index contributed by atoms with van der Waals surface area (Å²) in [4.78, 5) is 8.48. The summed E-state index contributed by atoms with van der Waals surface area (Å²) in [5.74, 6) is 1.46. The first-order chi connectivity index (χ1) is 8.66. The van der Waals surface area contributed by atoms with Gasteiger partial charge in [-0.05, 0) is 17.9 Å². The zero-order valence-electron chi connectivity index (χ0n) is 10.3. The molecule has 1 heterocycles. The third-order valence-electron chi connectivity index (χ3n) is 3.64. The van der Waals surface area contributed by atoms with Gasteiger partial charge in [0.15, 0.2) is 0 Å². The summed E-state index contributed by atoms with van der Waals surface area (Å²) in [6.45, 7) is 2.16. The van der Waals surface area contributed by atoms with Crippen LogP contribution in [0.1, 0.15) is 42.0 Å². The monoisotopic (exact) mass is 240 g/mol. The van der Waals surface area contributed by atoms with Crippen LogP contribution in [0.3, 0.4) is 0 Å². The number of nitrogens with two attached hydrogens (primary N) is 2. The molecule has 0 aliphatic heterocycles. The summed E-state index contributed by atoms with van der Waals surface area (Å²) in [7, 11) is 0. The van der Waals surface area contributed by atoms with Gasteiger partial charge in [-0.1, -0.05) is 37.3 Å². The summed E-state index contributed by atoms with van der Waals surface area (Å²) in [6, 6.07) is 10.4. The van der Waals surface area contributed by atoms with Crippen LogP contribution in [0, 0.1) is 0 Å². The van der Waals surface area contributed by atoms with Crippen molar-refractivity contribution in [2.75, 3.05) is 11.5 Å². The van der Waals surface area contributed by atoms with Crippen LogP contribution in [0.4, 0.5) is 11.8 Å². The third kappa shape index (κ3) is 1.61. The predicted octanol–water partition coefficient (Wildman–Crippen LogP) is 2.28. The molecule has 0 spiro atoms. The molecule has 4 N–H and O–H groups in total. The number of anilines is 2. The van der Waals surface area contributed by atoms with E-state index in [4.69, 9.17) is 11.5 Å². The van der Waals surface area contributed by atoms with Crippen LogP contribution in [-0.2, 0) is 0 Å². The Balaban J connectivity index is 2.14. The van der Waals surface area contributed by atoms with Gasteiger partial charge in [-0.3, -0.25) is 0 Å². The topological polar surface area (TPSA) is 77.8 Å². The van der Waals surface area contributed by atoms with Gasteiger partial charge >= 0.3 is 0 Å². The first kappa shape index (κ1) is 11.0. The molecule has 2 aromatic rings. The van der Waals surface area contributed by atoms with Crippen molar-refractivity contribution in [2.45, 2.75) is 25.2 Å². The fourth-order valence-electron chi connectivity index (χ4n) is 2.86. The minimum Gasteiger partial charge on any atom is -0.383 e. The van der Waals surface area contributed by atoms with Crippen molar-refractivity contribution in [1.82, 2.24) is 9.97 Å². The highest BCUT2D eigenvalue weighted by Gasteiger charge is 2.33. The quantitative estimate of drug-likeness (QED) is 0.801. The first-order valence-corrected chi connectivity index (χ1v) is 6.14. The lowest BCUT2D eigenvalue weighted by Crippen LogP contribution is -2.07. The van der Waals surface area contributed by atoms with Crippen LogP contribution < -0.4 is 11.5 Å². The van der Waals surface area contributed by atoms with E-state index in [1.807, 2.05) is 18.2 Å². The number of nitrogen functional groups attached to an aromatic ring is 2. The zero-order valence-corrected chi connectivity index (χ0v) is 10.3. The molecule has 4 nitrogen and oxygen atoms in total. The molecule has 0 amide bonds. The average molecular weight is 240 g/mol. The number of benzene rings is 1. The lowest BCUT2D eigenvalue weighted by atomic mass is 9.95. The number of hydrogen-bond donors (Lipinski definition) is 2. The van der Waals surface area contributed by atoms with E-state index in [-0.39, 0.29) is 11.9 Å². The molecule has 4 heteroatoms. The summed E-state index contributed by atoms with van der Waals surface area (Å²) in [5, 5.41) is 0. The Bertz CT molecular complexity index is 580. The van der Waals surface area contributed by atoms with Crippen molar-refractivity contribution >= 4 is 11.8 Å². The van der Waals surface area contributed by atoms with E-state index >= 15 is 0 Å². The highest BCUT2D eigenvalue weighted by atomic mass is 15.0. The lowest BCUT2D eigenvalue weighted by Gasteiger charge is -2.11. The lowest BCUT2D eigenvalue weighted by molar-refractivity contribution is 0.682. The summed E-state index contributed by atoms with van der Waals surface area (Å²) >= 11 is 0. The number of fused-ring (bicyclic) bond motifs is 1. The van der Waals surface area contributed by atoms with Gasteiger partial charge in [0.05, 0.1) is 5.69 Å². The van der Waals surface area contributed by atoms with Gasteiger partial charge in [0.1, 0.15) is 5.82 Å². The zero-order chi connectivity index (χ0) is 12.7. The summed E-state index contributed by atoms with van der Waals surface area (Å²) in [6.07, 6.45) is 1.02. The van der Waals surface area contributed by atoms with Gasteiger partial charge in [0.2, 0.25) is 5.95 Å². The van der Waals surface area contributed by atoms with E-state index in [0.717, 1.165) is 17.7 Å². The van der Waals surface area contributed by atoms with E-state index in [0.29, 0.717) is 11.7 Å². The molecule has 2 atom stereocenters. The van der Waals surface area contributed by atoms with Gasteiger partial charge in [0.25, 0.3) is 0 Å². The van der Waals surface area contributed by atoms with Crippen LogP contribution in [-0.4, -0.2) is 9.97 Å². The molecule has 0 bridgehead atoms. The van der Waals surface area contributed by atoms with Gasteiger partial charge in [-0.15, -0.1) is 0 Å². The molecule has 3 rings (SSSR count). The van der Waals surface area contributed by atoms with Crippen molar-refractivity contribution in [3.63, 3.8) is 0 Å². The minimum atomic E-state index is 0.265. The SMILES string of the molecule is CC1CC(c2ccccc2)c2nc(N)nc(N)c21. The van der Waals surface area contributed by atoms with E-state index in [1.54, 1.807) is 0 Å². The molecule has 2 unspecified atom stereocenters. The second-order valence-corrected chi connectivity index (χ2v) is 4.87. The molecule has 0 radical (unpaired) electrons. The summed E-state index contributed by atoms with van der Waals surface area (Å²) in [5.41, 5.74) is 15.0. The number of rotatable bonds is 1. The predicted molar refractivity (Wildman–Crippen MR) is 72.2 cm³/mol. The van der Waals surface area contributed by atoms with Crippen molar-refractivity contribution < 1.29 is 0 Å². The van der Waals surface area contributed by atoms with Crippen molar-refractivity contribution in [1.29, 1.82) is 0 Å². The van der Waals surface area contributed by atoms with E-state index in [9.17, 15) is 0 Å². The van der Waals surface area contributed by atoms with E-state index < -0.39 is 0 Å². The number of hydrogen-bond acceptors (Lipinski definition) is 4. The van der Waals surface area contributed by atoms with Crippen LogP contribution in [0.2, 0.25) is 0 Å². The van der Waals surface area contributed by atoms with Crippen molar-refractivity contribution in [3.8, 4) is 0 Å². The Labute approximate surface area is 106 Å². The minimum absolute atomic E-state index is 0.265. The van der Waals surface area contributed by atoms with E-state index in [2.05, 4.69) is 29.0 Å². The largest absolute Gasteiger partial charge is 0.383 e. The van der Waals surface area contributed by atoms with Crippen molar-refractivity contribution in [2.24, 2.45) is 0 Å². The van der Waals surface area contributed by atoms with Gasteiger partial charge in [-0.2, -0.15) is 4.98 Å². The summed E-state index contributed by atoms with van der Waals surface area (Å²) < 4.78 is 0. The molecule has 92 valence electrons. The molecule has 1 aliphatic carbocycles. The molecule has 0 fully saturated rings. The maximum absolute atomic E-state index is 5.97. The highest BCUT2D eigenvalue weighted by Crippen LogP contribution is 2.45. The second kappa shape index (κ2) is 3.98. The average Bonchev–Trinajstić information content (AvgIpc) is 2.67. The molecule has 0 saturated carbocycles. The van der Waals surface area contributed by atoms with E-state index in [1.165, 1.54) is 5.56 Å². The Kier molecular flexibility index (Phi) is 2.44. The first-order valence-electron chi connectivity index (χ1n) is 6.14. The maximum atomic E-state index is 5.97. The van der Waals surface area contributed by atoms with Crippen LogP contribution in [0.5, 0.6) is 0 Å². The molecule has 1 aromatic carbocycles. The van der Waals surface area contributed by atoms with Crippen LogP contribution in [0.15, 0.2) is 30.3 Å². The Morgan fingerprint density at radius 3 is 2.56 bits per heavy atom. The Hall–Kier alpha value is -2.10. The molecule has 18 heavy (non-hydrogen) atoms. The Morgan fingerprint density at radius 1 is 1.11 bits per heavy atom. The van der Waals surface area contributed by atoms with Gasteiger partial charge in [-0.25, -0.2) is 4.98 Å². The van der Waals surface area contributed by atoms with Crippen LogP contribution in [0.25, 0.3) is 0 Å². The second-order valence-electron chi connectivity index (χ2n) is 4.87. The molecule has 0 saturated heterocycles. The third-order valence-corrected chi connectivity index (χ3v) is 3.64. The standard InChI is InChI=1S/C14H16N4/c1-8-7-10(9-5-3-2-4-6-9)12-11(8)13(15)18-14(16)17-12/h2-6,8,10H,7H2,1H3,(H4,15,16,17,18). The molecule has 1 aromatic heterocycles. The smallest absolute Gasteiger partial charge is 0.222 e. The van der Waals surface area contributed by atoms with Crippen molar-refractivity contribution in [3.05, 3.63) is 47.2 Å². The Morgan fingerprint density at radius 2 is 1.83 bits per heavy atom.